The first-order chi connectivity index (χ1) is 8.47. The maximum atomic E-state index is 12.1. The minimum absolute atomic E-state index is 0.256. The van der Waals surface area contributed by atoms with Gasteiger partial charge in [-0.2, -0.15) is 0 Å². The lowest BCUT2D eigenvalue weighted by atomic mass is 9.89. The summed E-state index contributed by atoms with van der Waals surface area (Å²) >= 11 is 0. The summed E-state index contributed by atoms with van der Waals surface area (Å²) in [7, 11) is 0. The van der Waals surface area contributed by atoms with E-state index in [0.29, 0.717) is 12.0 Å². The monoisotopic (exact) mass is 249 g/mol. The minimum Gasteiger partial charge on any atom is -0.385 e. The molecule has 2 nitrogen and oxygen atoms in total. The van der Waals surface area contributed by atoms with Crippen molar-refractivity contribution >= 4 is 5.78 Å². The van der Waals surface area contributed by atoms with Crippen molar-refractivity contribution in [2.24, 2.45) is 11.3 Å². The first-order valence-electron chi connectivity index (χ1n) is 7.49. The lowest BCUT2D eigenvalue weighted by Gasteiger charge is -2.26. The number of carbonyl (C=O) groups excluding carboxylic acids is 1. The Bertz CT molecular complexity index is 327. The quantitative estimate of drug-likeness (QED) is 0.767. The third-order valence-corrected chi connectivity index (χ3v) is 4.02. The van der Waals surface area contributed by atoms with E-state index in [1.54, 1.807) is 0 Å². The molecule has 2 heteroatoms. The van der Waals surface area contributed by atoms with Crippen molar-refractivity contribution in [3.8, 4) is 0 Å². The predicted molar refractivity (Wildman–Crippen MR) is 75.3 cm³/mol. The number of nitrogens with one attached hydrogen (secondary N) is 1. The smallest absolute Gasteiger partial charge is 0.162 e. The Kier molecular flexibility index (Phi) is 4.14. The van der Waals surface area contributed by atoms with Crippen LogP contribution in [0.4, 0.5) is 0 Å². The molecule has 102 valence electrons. The topological polar surface area (TPSA) is 29.1 Å². The standard InChI is InChI=1S/C16H27NO/c1-16(2,3)15(18)11-14(12-9-10-12)17-13-7-5-4-6-8-13/h11-13,17H,4-10H2,1-3H3/b14-11+. The average molecular weight is 249 g/mol. The highest BCUT2D eigenvalue weighted by atomic mass is 16.1. The second-order valence-corrected chi connectivity index (χ2v) is 6.97. The van der Waals surface area contributed by atoms with Crippen LogP contribution in [-0.4, -0.2) is 11.8 Å². The van der Waals surface area contributed by atoms with Crippen molar-refractivity contribution in [3.63, 3.8) is 0 Å². The fourth-order valence-corrected chi connectivity index (χ4v) is 2.51. The summed E-state index contributed by atoms with van der Waals surface area (Å²) in [6, 6.07) is 0.610. The van der Waals surface area contributed by atoms with E-state index < -0.39 is 0 Å². The summed E-state index contributed by atoms with van der Waals surface area (Å²) in [6.45, 7) is 5.99. The highest BCUT2D eigenvalue weighted by Gasteiger charge is 2.30. The van der Waals surface area contributed by atoms with Gasteiger partial charge in [0, 0.05) is 23.2 Å². The highest BCUT2D eigenvalue weighted by Crippen LogP contribution is 2.36. The fourth-order valence-electron chi connectivity index (χ4n) is 2.51. The Labute approximate surface area is 111 Å². The number of allylic oxidation sites excluding steroid dienone is 2. The predicted octanol–water partition coefficient (Wildman–Crippen LogP) is 3.82. The maximum absolute atomic E-state index is 12.1. The Morgan fingerprint density at radius 1 is 1.06 bits per heavy atom. The summed E-state index contributed by atoms with van der Waals surface area (Å²) in [4.78, 5) is 12.1. The van der Waals surface area contributed by atoms with Gasteiger partial charge in [-0.15, -0.1) is 0 Å². The van der Waals surface area contributed by atoms with Crippen molar-refractivity contribution in [1.29, 1.82) is 0 Å². The van der Waals surface area contributed by atoms with Gasteiger partial charge in [-0.05, 0) is 31.6 Å². The van der Waals surface area contributed by atoms with E-state index in [4.69, 9.17) is 0 Å². The zero-order valence-corrected chi connectivity index (χ0v) is 12.1. The Morgan fingerprint density at radius 2 is 1.67 bits per heavy atom. The summed E-state index contributed by atoms with van der Waals surface area (Å²) < 4.78 is 0. The van der Waals surface area contributed by atoms with Crippen LogP contribution in [0.3, 0.4) is 0 Å². The molecule has 0 saturated heterocycles. The molecule has 0 radical (unpaired) electrons. The van der Waals surface area contributed by atoms with Gasteiger partial charge in [0.25, 0.3) is 0 Å². The molecular formula is C16H27NO. The molecule has 2 rings (SSSR count). The molecule has 0 amide bonds. The zero-order chi connectivity index (χ0) is 13.2. The first kappa shape index (κ1) is 13.6. The van der Waals surface area contributed by atoms with E-state index in [9.17, 15) is 4.79 Å². The van der Waals surface area contributed by atoms with Gasteiger partial charge in [0.2, 0.25) is 0 Å². The lowest BCUT2D eigenvalue weighted by Crippen LogP contribution is -2.32. The molecule has 2 saturated carbocycles. The molecule has 0 spiro atoms. The molecule has 0 bridgehead atoms. The van der Waals surface area contributed by atoms with Crippen LogP contribution >= 0.6 is 0 Å². The van der Waals surface area contributed by atoms with E-state index >= 15 is 0 Å². The summed E-state index contributed by atoms with van der Waals surface area (Å²) in [5.41, 5.74) is 0.968. The van der Waals surface area contributed by atoms with E-state index in [1.807, 2.05) is 26.8 Å². The number of ketones is 1. The zero-order valence-electron chi connectivity index (χ0n) is 12.1. The van der Waals surface area contributed by atoms with Gasteiger partial charge in [-0.25, -0.2) is 0 Å². The third kappa shape index (κ3) is 3.86. The Balaban J connectivity index is 1.99. The highest BCUT2D eigenvalue weighted by molar-refractivity contribution is 5.94. The molecule has 2 fully saturated rings. The molecule has 0 aromatic heterocycles. The van der Waals surface area contributed by atoms with Crippen LogP contribution in [0.25, 0.3) is 0 Å². The molecule has 0 atom stereocenters. The molecule has 0 unspecified atom stereocenters. The second kappa shape index (κ2) is 5.46. The van der Waals surface area contributed by atoms with Crippen LogP contribution in [0.2, 0.25) is 0 Å². The summed E-state index contributed by atoms with van der Waals surface area (Å²) in [6.07, 6.45) is 11.0. The van der Waals surface area contributed by atoms with Gasteiger partial charge >= 0.3 is 0 Å². The van der Waals surface area contributed by atoms with Gasteiger partial charge in [0.1, 0.15) is 0 Å². The van der Waals surface area contributed by atoms with Crippen LogP contribution in [-0.2, 0) is 4.79 Å². The summed E-state index contributed by atoms with van der Waals surface area (Å²) in [5.74, 6) is 0.894. The number of carbonyl (C=O) groups is 1. The van der Waals surface area contributed by atoms with Crippen molar-refractivity contribution < 1.29 is 4.79 Å². The van der Waals surface area contributed by atoms with Crippen LogP contribution in [0.15, 0.2) is 11.8 Å². The van der Waals surface area contributed by atoms with Crippen molar-refractivity contribution in [1.82, 2.24) is 5.32 Å². The largest absolute Gasteiger partial charge is 0.385 e. The van der Waals surface area contributed by atoms with Gasteiger partial charge in [-0.1, -0.05) is 40.0 Å². The van der Waals surface area contributed by atoms with Gasteiger partial charge < -0.3 is 5.32 Å². The first-order valence-corrected chi connectivity index (χ1v) is 7.49. The van der Waals surface area contributed by atoms with E-state index in [2.05, 4.69) is 5.32 Å². The van der Waals surface area contributed by atoms with Gasteiger partial charge in [0.05, 0.1) is 0 Å². The van der Waals surface area contributed by atoms with E-state index in [0.717, 1.165) is 0 Å². The fraction of sp³-hybridized carbons (Fsp3) is 0.812. The number of rotatable bonds is 4. The molecule has 0 heterocycles. The number of hydrogen-bond acceptors (Lipinski definition) is 2. The van der Waals surface area contributed by atoms with Crippen LogP contribution in [0.5, 0.6) is 0 Å². The third-order valence-electron chi connectivity index (χ3n) is 4.02. The van der Waals surface area contributed by atoms with Crippen molar-refractivity contribution in [3.05, 3.63) is 11.8 Å². The minimum atomic E-state index is -0.256. The lowest BCUT2D eigenvalue weighted by molar-refractivity contribution is -0.121. The van der Waals surface area contributed by atoms with E-state index in [-0.39, 0.29) is 11.2 Å². The molecular weight excluding hydrogens is 222 g/mol. The summed E-state index contributed by atoms with van der Waals surface area (Å²) in [5, 5.41) is 3.66. The van der Waals surface area contributed by atoms with Crippen molar-refractivity contribution in [2.45, 2.75) is 71.8 Å². The Hall–Kier alpha value is -0.790. The van der Waals surface area contributed by atoms with Crippen LogP contribution in [0, 0.1) is 11.3 Å². The normalized spacial score (nSPS) is 22.9. The van der Waals surface area contributed by atoms with E-state index in [1.165, 1.54) is 50.6 Å². The Morgan fingerprint density at radius 3 is 2.17 bits per heavy atom. The second-order valence-electron chi connectivity index (χ2n) is 6.97. The SMILES string of the molecule is CC(C)(C)C(=O)/C=C(/NC1CCCCC1)C1CC1. The maximum Gasteiger partial charge on any atom is 0.162 e. The molecule has 18 heavy (non-hydrogen) atoms. The average Bonchev–Trinajstić information content (AvgIpc) is 3.12. The van der Waals surface area contributed by atoms with Crippen LogP contribution < -0.4 is 5.32 Å². The van der Waals surface area contributed by atoms with Gasteiger partial charge in [0.15, 0.2) is 5.78 Å². The van der Waals surface area contributed by atoms with Crippen LogP contribution in [0.1, 0.15) is 65.7 Å². The van der Waals surface area contributed by atoms with Gasteiger partial charge in [-0.3, -0.25) is 4.79 Å². The molecule has 1 N–H and O–H groups in total. The molecule has 0 aliphatic heterocycles. The molecule has 2 aliphatic carbocycles. The van der Waals surface area contributed by atoms with Crippen molar-refractivity contribution in [2.75, 3.05) is 0 Å². The molecule has 0 aromatic carbocycles. The molecule has 2 aliphatic rings. The molecule has 0 aromatic rings. The number of hydrogen-bond donors (Lipinski definition) is 1.